The smallest absolute Gasteiger partial charge is 0.248 e. The molecule has 4 atom stereocenters. The van der Waals surface area contributed by atoms with Crippen molar-refractivity contribution in [3.63, 3.8) is 0 Å². The van der Waals surface area contributed by atoms with Crippen LogP contribution in [-0.4, -0.2) is 97.8 Å². The van der Waals surface area contributed by atoms with Crippen molar-refractivity contribution in [2.24, 2.45) is 5.41 Å². The summed E-state index contributed by atoms with van der Waals surface area (Å²) in [6.45, 7) is 10.2. The molecule has 3 N–H and O–H groups in total. The molecule has 2 saturated heterocycles. The summed E-state index contributed by atoms with van der Waals surface area (Å²) in [6.07, 6.45) is 3.76. The maximum absolute atomic E-state index is 13.6. The van der Waals surface area contributed by atoms with E-state index in [4.69, 9.17) is 0 Å². The summed E-state index contributed by atoms with van der Waals surface area (Å²) >= 11 is 0. The number of likely N-dealkylation sites (tertiary alicyclic amines) is 2. The van der Waals surface area contributed by atoms with E-state index in [-0.39, 0.29) is 24.8 Å². The van der Waals surface area contributed by atoms with Crippen LogP contribution in [0.1, 0.15) is 58.7 Å². The molecule has 32 heavy (non-hydrogen) atoms. The van der Waals surface area contributed by atoms with Crippen LogP contribution in [0.4, 0.5) is 0 Å². The number of amides is 2. The van der Waals surface area contributed by atoms with Gasteiger partial charge in [0.15, 0.2) is 0 Å². The van der Waals surface area contributed by atoms with E-state index in [1.807, 2.05) is 27.7 Å². The van der Waals surface area contributed by atoms with Gasteiger partial charge in [-0.15, -0.1) is 5.10 Å². The molecule has 0 saturated carbocycles. The zero-order valence-corrected chi connectivity index (χ0v) is 19.9. The van der Waals surface area contributed by atoms with Crippen LogP contribution in [-0.2, 0) is 16.0 Å². The van der Waals surface area contributed by atoms with Crippen LogP contribution in [0.15, 0.2) is 6.20 Å². The van der Waals surface area contributed by atoms with Crippen molar-refractivity contribution >= 4 is 11.8 Å². The van der Waals surface area contributed by atoms with Crippen molar-refractivity contribution in [3.8, 4) is 0 Å². The number of aromatic nitrogens is 3. The van der Waals surface area contributed by atoms with Crippen LogP contribution in [0.5, 0.6) is 0 Å². The largest absolute Gasteiger partial charge is 0.391 e. The lowest BCUT2D eigenvalue weighted by atomic mass is 9.85. The molecular formula is C22H38N6O4. The highest BCUT2D eigenvalue weighted by Gasteiger charge is 2.45. The Morgan fingerprint density at radius 1 is 1.38 bits per heavy atom. The Morgan fingerprint density at radius 3 is 2.72 bits per heavy atom. The van der Waals surface area contributed by atoms with Gasteiger partial charge in [0, 0.05) is 45.7 Å². The van der Waals surface area contributed by atoms with E-state index in [0.717, 1.165) is 31.6 Å². The van der Waals surface area contributed by atoms with Gasteiger partial charge in [-0.3, -0.25) is 9.59 Å². The Kier molecular flexibility index (Phi) is 7.26. The second-order valence-corrected chi connectivity index (χ2v) is 10.6. The van der Waals surface area contributed by atoms with E-state index in [0.29, 0.717) is 13.0 Å². The Bertz CT molecular complexity index is 818. The average molecular weight is 451 g/mol. The summed E-state index contributed by atoms with van der Waals surface area (Å²) < 4.78 is 1.59. The van der Waals surface area contributed by atoms with E-state index in [1.165, 1.54) is 11.9 Å². The summed E-state index contributed by atoms with van der Waals surface area (Å²) in [5.74, 6) is -0.523. The number of hydrogen-bond donors (Lipinski definition) is 3. The molecule has 1 aromatic heterocycles. The summed E-state index contributed by atoms with van der Waals surface area (Å²) in [5, 5.41) is 31.6. The van der Waals surface area contributed by atoms with Gasteiger partial charge in [0.25, 0.3) is 0 Å². The maximum Gasteiger partial charge on any atom is 0.248 e. The molecule has 0 bridgehead atoms. The van der Waals surface area contributed by atoms with Crippen LogP contribution in [0, 0.1) is 5.41 Å². The molecule has 1 unspecified atom stereocenters. The molecule has 0 aromatic carbocycles. The first-order chi connectivity index (χ1) is 14.9. The number of hydrogen-bond acceptors (Lipinski definition) is 7. The zero-order chi connectivity index (χ0) is 23.7. The van der Waals surface area contributed by atoms with Gasteiger partial charge < -0.3 is 25.3 Å². The number of nitrogens with one attached hydrogen (secondary N) is 1. The summed E-state index contributed by atoms with van der Waals surface area (Å²) in [6, 6.07) is -1.35. The minimum Gasteiger partial charge on any atom is -0.391 e. The second-order valence-electron chi connectivity index (χ2n) is 10.6. The quantitative estimate of drug-likeness (QED) is 0.556. The summed E-state index contributed by atoms with van der Waals surface area (Å²) in [7, 11) is 1.53. The number of carbonyl (C=O) groups excluding carboxylic acids is 2. The fraction of sp³-hybridized carbons (Fsp3) is 0.818. The van der Waals surface area contributed by atoms with Crippen LogP contribution in [0.3, 0.4) is 0 Å². The Morgan fingerprint density at radius 2 is 2.09 bits per heavy atom. The SMILES string of the molecule is CNC(=O)[C@H]1C[C@H](O)CN1C(=O)[C@@H](n1cc(CCN2CCCC(C)(O)C2)nn1)C(C)(C)C. The fourth-order valence-corrected chi connectivity index (χ4v) is 4.85. The molecule has 0 spiro atoms. The van der Waals surface area contributed by atoms with Gasteiger partial charge in [-0.2, -0.15) is 0 Å². The molecule has 2 aliphatic heterocycles. The standard InChI is InChI=1S/C22H38N6O4/c1-21(2,3)18(20(31)27-13-16(29)11-17(27)19(30)23-5)28-12-15(24-25-28)7-10-26-9-6-8-22(4,32)14-26/h12,16-18,29,32H,6-11,13-14H2,1-5H3,(H,23,30)/t16-,17+,18+,22?/m0/s1. The summed E-state index contributed by atoms with van der Waals surface area (Å²) in [4.78, 5) is 29.6. The molecule has 10 heteroatoms. The van der Waals surface area contributed by atoms with E-state index in [2.05, 4.69) is 20.5 Å². The van der Waals surface area contributed by atoms with E-state index < -0.39 is 29.2 Å². The molecule has 2 aliphatic rings. The predicted molar refractivity (Wildman–Crippen MR) is 119 cm³/mol. The number of aliphatic hydroxyl groups is 2. The number of β-amino-alcohol motifs (C(OH)–C–C–N with tert-alkyl or cyclic N) is 2. The minimum absolute atomic E-state index is 0.125. The highest BCUT2D eigenvalue weighted by atomic mass is 16.3. The van der Waals surface area contributed by atoms with Crippen LogP contribution >= 0.6 is 0 Å². The Labute approximate surface area is 189 Å². The fourth-order valence-electron chi connectivity index (χ4n) is 4.85. The number of rotatable bonds is 6. The van der Waals surface area contributed by atoms with Crippen molar-refractivity contribution in [1.29, 1.82) is 0 Å². The molecular weight excluding hydrogens is 412 g/mol. The summed E-state index contributed by atoms with van der Waals surface area (Å²) in [5.41, 5.74) is -0.350. The van der Waals surface area contributed by atoms with Gasteiger partial charge >= 0.3 is 0 Å². The van der Waals surface area contributed by atoms with Gasteiger partial charge in [0.1, 0.15) is 12.1 Å². The van der Waals surface area contributed by atoms with Crippen molar-refractivity contribution in [2.75, 3.05) is 33.2 Å². The van der Waals surface area contributed by atoms with Crippen LogP contribution < -0.4 is 5.32 Å². The van der Waals surface area contributed by atoms with Crippen molar-refractivity contribution in [3.05, 3.63) is 11.9 Å². The lowest BCUT2D eigenvalue weighted by Crippen LogP contribution is -2.49. The van der Waals surface area contributed by atoms with Crippen molar-refractivity contribution in [2.45, 2.75) is 77.2 Å². The number of likely N-dealkylation sites (N-methyl/N-ethyl adjacent to an activating group) is 1. The van der Waals surface area contributed by atoms with E-state index >= 15 is 0 Å². The average Bonchev–Trinajstić information content (AvgIpc) is 3.30. The molecule has 0 radical (unpaired) electrons. The second kappa shape index (κ2) is 9.44. The third kappa shape index (κ3) is 5.65. The minimum atomic E-state index is -0.727. The highest BCUT2D eigenvalue weighted by molar-refractivity contribution is 5.90. The van der Waals surface area contributed by atoms with E-state index in [9.17, 15) is 19.8 Å². The Hall–Kier alpha value is -2.04. The lowest BCUT2D eigenvalue weighted by molar-refractivity contribution is -0.144. The normalized spacial score (nSPS) is 28.0. The van der Waals surface area contributed by atoms with Crippen LogP contribution in [0.2, 0.25) is 0 Å². The zero-order valence-electron chi connectivity index (χ0n) is 19.9. The number of piperidine rings is 1. The van der Waals surface area contributed by atoms with Crippen LogP contribution in [0.25, 0.3) is 0 Å². The van der Waals surface area contributed by atoms with Crippen molar-refractivity contribution in [1.82, 2.24) is 30.1 Å². The Balaban J connectivity index is 1.74. The lowest BCUT2D eigenvalue weighted by Gasteiger charge is -2.36. The third-order valence-electron chi connectivity index (χ3n) is 6.43. The predicted octanol–water partition coefficient (Wildman–Crippen LogP) is -0.0376. The number of aliphatic hydroxyl groups excluding tert-OH is 1. The maximum atomic E-state index is 13.6. The molecule has 2 amide bonds. The number of nitrogens with zero attached hydrogens (tertiary/aromatic N) is 5. The first kappa shape index (κ1) is 24.6. The van der Waals surface area contributed by atoms with E-state index in [1.54, 1.807) is 10.9 Å². The van der Waals surface area contributed by atoms with Gasteiger partial charge in [-0.25, -0.2) is 4.68 Å². The molecule has 2 fully saturated rings. The number of carbonyl (C=O) groups is 2. The van der Waals surface area contributed by atoms with Gasteiger partial charge in [-0.1, -0.05) is 26.0 Å². The molecule has 3 heterocycles. The molecule has 180 valence electrons. The first-order valence-corrected chi connectivity index (χ1v) is 11.5. The van der Waals surface area contributed by atoms with Gasteiger partial charge in [0.05, 0.1) is 17.4 Å². The topological polar surface area (TPSA) is 124 Å². The van der Waals surface area contributed by atoms with Gasteiger partial charge in [0.2, 0.25) is 11.8 Å². The monoisotopic (exact) mass is 450 g/mol. The molecule has 3 rings (SSSR count). The molecule has 0 aliphatic carbocycles. The first-order valence-electron chi connectivity index (χ1n) is 11.5. The third-order valence-corrected chi connectivity index (χ3v) is 6.43. The highest BCUT2D eigenvalue weighted by Crippen LogP contribution is 2.34. The van der Waals surface area contributed by atoms with Crippen molar-refractivity contribution < 1.29 is 19.8 Å². The van der Waals surface area contributed by atoms with Gasteiger partial charge in [-0.05, 0) is 31.7 Å². The molecule has 1 aromatic rings. The molecule has 10 nitrogen and oxygen atoms in total.